The minimum absolute atomic E-state index is 0.244. The molecule has 7 heteroatoms. The number of hydrogen-bond donors (Lipinski definition) is 2. The third-order valence-electron chi connectivity index (χ3n) is 3.59. The summed E-state index contributed by atoms with van der Waals surface area (Å²) in [6.07, 6.45) is 0. The Hall–Kier alpha value is -2.28. The maximum absolute atomic E-state index is 12.7. The van der Waals surface area contributed by atoms with Crippen LogP contribution in [-0.2, 0) is 4.79 Å². The van der Waals surface area contributed by atoms with Gasteiger partial charge in [0.2, 0.25) is 0 Å². The molecule has 21 heavy (non-hydrogen) atoms. The number of carboxylic acids is 1. The number of hydrogen-bond acceptors (Lipinski definition) is 5. The predicted octanol–water partition coefficient (Wildman–Crippen LogP) is -0.0436. The van der Waals surface area contributed by atoms with Crippen molar-refractivity contribution in [3.8, 4) is 11.5 Å². The number of carbonyl (C=O) groups is 2. The first-order valence-electron chi connectivity index (χ1n) is 6.81. The number of fused-ring (bicyclic) bond motifs is 1. The molecule has 1 aromatic carbocycles. The molecule has 0 bridgehead atoms. The Labute approximate surface area is 121 Å². The summed E-state index contributed by atoms with van der Waals surface area (Å²) in [5, 5.41) is 12.2. The van der Waals surface area contributed by atoms with Gasteiger partial charge in [0.15, 0.2) is 11.5 Å². The van der Waals surface area contributed by atoms with Crippen molar-refractivity contribution in [1.82, 2.24) is 10.2 Å². The Balaban J connectivity index is 1.92. The summed E-state index contributed by atoms with van der Waals surface area (Å²) in [4.78, 5) is 25.4. The molecule has 2 N–H and O–H groups in total. The van der Waals surface area contributed by atoms with E-state index in [0.29, 0.717) is 43.4 Å². The predicted molar refractivity (Wildman–Crippen MR) is 72.8 cm³/mol. The summed E-state index contributed by atoms with van der Waals surface area (Å²) in [7, 11) is 0. The molecule has 0 aromatic heterocycles. The highest BCUT2D eigenvalue weighted by Gasteiger charge is 2.34. The third-order valence-corrected chi connectivity index (χ3v) is 3.59. The van der Waals surface area contributed by atoms with Crippen molar-refractivity contribution in [3.05, 3.63) is 23.8 Å². The number of carbonyl (C=O) groups excluding carboxylic acids is 1. The lowest BCUT2D eigenvalue weighted by atomic mass is 10.1. The molecule has 1 amide bonds. The van der Waals surface area contributed by atoms with E-state index in [1.165, 1.54) is 4.90 Å². The number of nitrogens with zero attached hydrogens (tertiary/aromatic N) is 1. The van der Waals surface area contributed by atoms with Gasteiger partial charge in [0.25, 0.3) is 5.91 Å². The second-order valence-corrected chi connectivity index (χ2v) is 4.89. The van der Waals surface area contributed by atoms with Gasteiger partial charge in [-0.1, -0.05) is 6.07 Å². The number of rotatable bonds is 2. The fraction of sp³-hybridized carbons (Fsp3) is 0.429. The van der Waals surface area contributed by atoms with Crippen molar-refractivity contribution < 1.29 is 24.2 Å². The van der Waals surface area contributed by atoms with E-state index in [9.17, 15) is 14.7 Å². The molecule has 112 valence electrons. The Morgan fingerprint density at radius 3 is 2.90 bits per heavy atom. The molecule has 1 saturated heterocycles. The van der Waals surface area contributed by atoms with E-state index in [2.05, 4.69) is 5.32 Å². The van der Waals surface area contributed by atoms with Crippen molar-refractivity contribution in [1.29, 1.82) is 0 Å². The third kappa shape index (κ3) is 2.52. The molecule has 1 fully saturated rings. The van der Waals surface area contributed by atoms with E-state index < -0.39 is 12.0 Å². The fourth-order valence-electron chi connectivity index (χ4n) is 2.56. The van der Waals surface area contributed by atoms with Crippen molar-refractivity contribution in [3.63, 3.8) is 0 Å². The maximum atomic E-state index is 12.7. The quantitative estimate of drug-likeness (QED) is 0.795. The van der Waals surface area contributed by atoms with Gasteiger partial charge in [-0.15, -0.1) is 0 Å². The Morgan fingerprint density at radius 2 is 2.10 bits per heavy atom. The molecular weight excluding hydrogens is 276 g/mol. The maximum Gasteiger partial charge on any atom is 0.327 e. The zero-order chi connectivity index (χ0) is 14.8. The highest BCUT2D eigenvalue weighted by molar-refractivity contribution is 6.00. The molecule has 3 rings (SSSR count). The summed E-state index contributed by atoms with van der Waals surface area (Å²) in [5.41, 5.74) is 0.348. The molecule has 7 nitrogen and oxygen atoms in total. The van der Waals surface area contributed by atoms with Crippen LogP contribution in [0.1, 0.15) is 10.4 Å². The van der Waals surface area contributed by atoms with E-state index >= 15 is 0 Å². The SMILES string of the molecule is O=C(O)[C@@H]1CNCCN1C(=O)c1cccc2c1OCCO2. The molecule has 1 aromatic rings. The monoisotopic (exact) mass is 292 g/mol. The van der Waals surface area contributed by atoms with Gasteiger partial charge in [-0.05, 0) is 12.1 Å². The normalized spacial score (nSPS) is 21.0. The van der Waals surface area contributed by atoms with Crippen LogP contribution in [0.4, 0.5) is 0 Å². The van der Waals surface area contributed by atoms with Crippen LogP contribution in [0.2, 0.25) is 0 Å². The van der Waals surface area contributed by atoms with Gasteiger partial charge < -0.3 is 24.8 Å². The van der Waals surface area contributed by atoms with Crippen LogP contribution >= 0.6 is 0 Å². The van der Waals surface area contributed by atoms with E-state index in [0.717, 1.165) is 0 Å². The number of carboxylic acid groups (broad SMARTS) is 1. The van der Waals surface area contributed by atoms with Crippen LogP contribution in [0.3, 0.4) is 0 Å². The fourth-order valence-corrected chi connectivity index (χ4v) is 2.56. The van der Waals surface area contributed by atoms with Gasteiger partial charge >= 0.3 is 5.97 Å². The first kappa shape index (κ1) is 13.7. The van der Waals surface area contributed by atoms with E-state index in [1.54, 1.807) is 18.2 Å². The summed E-state index contributed by atoms with van der Waals surface area (Å²) >= 11 is 0. The number of benzene rings is 1. The zero-order valence-electron chi connectivity index (χ0n) is 11.4. The lowest BCUT2D eigenvalue weighted by molar-refractivity contribution is -0.142. The molecule has 2 aliphatic rings. The molecule has 0 spiro atoms. The molecule has 0 aliphatic carbocycles. The molecule has 2 aliphatic heterocycles. The first-order valence-corrected chi connectivity index (χ1v) is 6.81. The van der Waals surface area contributed by atoms with Crippen LogP contribution in [0.5, 0.6) is 11.5 Å². The van der Waals surface area contributed by atoms with E-state index in [4.69, 9.17) is 9.47 Å². The van der Waals surface area contributed by atoms with Crippen molar-refractivity contribution in [2.75, 3.05) is 32.8 Å². The zero-order valence-corrected chi connectivity index (χ0v) is 11.4. The molecule has 0 unspecified atom stereocenters. The largest absolute Gasteiger partial charge is 0.486 e. The Kier molecular flexibility index (Phi) is 3.66. The minimum Gasteiger partial charge on any atom is -0.486 e. The summed E-state index contributed by atoms with van der Waals surface area (Å²) < 4.78 is 11.0. The number of piperazine rings is 1. The van der Waals surface area contributed by atoms with Gasteiger partial charge in [-0.25, -0.2) is 4.79 Å². The highest BCUT2D eigenvalue weighted by Crippen LogP contribution is 2.34. The smallest absolute Gasteiger partial charge is 0.327 e. The number of nitrogens with one attached hydrogen (secondary N) is 1. The number of para-hydroxylation sites is 1. The van der Waals surface area contributed by atoms with E-state index in [1.807, 2.05) is 0 Å². The van der Waals surface area contributed by atoms with E-state index in [-0.39, 0.29) is 12.5 Å². The molecule has 0 radical (unpaired) electrons. The molecule has 0 saturated carbocycles. The standard InChI is InChI=1S/C14H16N2O5/c17-13(16-5-4-15-8-10(16)14(18)19)9-2-1-3-11-12(9)21-7-6-20-11/h1-3,10,15H,4-8H2,(H,18,19)/t10-/m0/s1. The average molecular weight is 292 g/mol. The minimum atomic E-state index is -1.02. The number of ether oxygens (including phenoxy) is 2. The van der Waals surface area contributed by atoms with Crippen LogP contribution in [0, 0.1) is 0 Å². The second kappa shape index (κ2) is 5.61. The van der Waals surface area contributed by atoms with Gasteiger partial charge in [-0.3, -0.25) is 4.79 Å². The number of aliphatic carboxylic acids is 1. The van der Waals surface area contributed by atoms with Crippen LogP contribution in [0.25, 0.3) is 0 Å². The summed E-state index contributed by atoms with van der Waals surface area (Å²) in [6.45, 7) is 1.98. The molecule has 2 heterocycles. The molecule has 1 atom stereocenters. The first-order chi connectivity index (χ1) is 10.2. The van der Waals surface area contributed by atoms with Gasteiger partial charge in [0.1, 0.15) is 19.3 Å². The average Bonchev–Trinajstić information content (AvgIpc) is 2.53. The van der Waals surface area contributed by atoms with Gasteiger partial charge in [0.05, 0.1) is 5.56 Å². The van der Waals surface area contributed by atoms with Crippen LogP contribution < -0.4 is 14.8 Å². The number of amides is 1. The Bertz CT molecular complexity index is 574. The lowest BCUT2D eigenvalue weighted by Crippen LogP contribution is -2.57. The van der Waals surface area contributed by atoms with Crippen LogP contribution in [0.15, 0.2) is 18.2 Å². The Morgan fingerprint density at radius 1 is 1.29 bits per heavy atom. The van der Waals surface area contributed by atoms with Crippen molar-refractivity contribution in [2.24, 2.45) is 0 Å². The van der Waals surface area contributed by atoms with Crippen molar-refractivity contribution >= 4 is 11.9 Å². The topological polar surface area (TPSA) is 88.1 Å². The van der Waals surface area contributed by atoms with Crippen LogP contribution in [-0.4, -0.2) is 60.8 Å². The lowest BCUT2D eigenvalue weighted by Gasteiger charge is -2.34. The summed E-state index contributed by atoms with van der Waals surface area (Å²) in [5.74, 6) is -0.436. The summed E-state index contributed by atoms with van der Waals surface area (Å²) in [6, 6.07) is 4.21. The van der Waals surface area contributed by atoms with Gasteiger partial charge in [0, 0.05) is 19.6 Å². The van der Waals surface area contributed by atoms with Crippen molar-refractivity contribution in [2.45, 2.75) is 6.04 Å². The second-order valence-electron chi connectivity index (χ2n) is 4.89. The molecular formula is C14H16N2O5. The highest BCUT2D eigenvalue weighted by atomic mass is 16.6. The van der Waals surface area contributed by atoms with Gasteiger partial charge in [-0.2, -0.15) is 0 Å².